The largest absolute Gasteiger partial charge is 0.550 e. The van der Waals surface area contributed by atoms with Crippen molar-refractivity contribution in [2.24, 2.45) is 5.92 Å². The fourth-order valence-corrected chi connectivity index (χ4v) is 4.12. The van der Waals surface area contributed by atoms with Crippen LogP contribution in [-0.2, 0) is 11.3 Å². The summed E-state index contributed by atoms with van der Waals surface area (Å²) in [6, 6.07) is 30.4. The molecule has 1 aliphatic rings. The van der Waals surface area contributed by atoms with E-state index in [0.717, 1.165) is 18.5 Å². The van der Waals surface area contributed by atoms with Crippen LogP contribution in [0.2, 0.25) is 0 Å². The average Bonchev–Trinajstić information content (AvgIpc) is 3.22. The van der Waals surface area contributed by atoms with Gasteiger partial charge in [0.2, 0.25) is 0 Å². The smallest absolute Gasteiger partial charge is 0.0997 e. The van der Waals surface area contributed by atoms with Crippen LogP contribution in [0.5, 0.6) is 0 Å². The number of carbonyl (C=O) groups is 1. The number of rotatable bonds is 4. The summed E-state index contributed by atoms with van der Waals surface area (Å²) >= 11 is 0. The maximum Gasteiger partial charge on any atom is 0.0997 e. The molecule has 0 aliphatic heterocycles. The molecule has 1 aliphatic carbocycles. The van der Waals surface area contributed by atoms with E-state index in [1.807, 2.05) is 66.7 Å². The molecule has 1 saturated carbocycles. The monoisotopic (exact) mass is 373 g/mol. The molecule has 0 amide bonds. The summed E-state index contributed by atoms with van der Waals surface area (Å²) in [5.41, 5.74) is 7.39. The first-order valence-electron chi connectivity index (χ1n) is 9.84. The van der Waals surface area contributed by atoms with Gasteiger partial charge in [-0.1, -0.05) is 91.0 Å². The first-order chi connectivity index (χ1) is 13.7. The highest BCUT2D eigenvalue weighted by molar-refractivity contribution is 5.70. The lowest BCUT2D eigenvalue weighted by Gasteiger charge is -2.26. The average molecular weight is 373 g/mol. The molecule has 144 valence electrons. The van der Waals surface area contributed by atoms with Crippen molar-refractivity contribution in [3.63, 3.8) is 0 Å². The van der Waals surface area contributed by atoms with Gasteiger partial charge in [-0.3, -0.25) is 0 Å². The number of hydrogen-bond acceptors (Lipinski definition) is 2. The van der Waals surface area contributed by atoms with E-state index in [9.17, 15) is 9.90 Å². The van der Waals surface area contributed by atoms with E-state index in [1.54, 1.807) is 0 Å². The van der Waals surface area contributed by atoms with Crippen LogP contribution in [0.25, 0.3) is 0 Å². The summed E-state index contributed by atoms with van der Waals surface area (Å²) < 4.78 is 0. The quantitative estimate of drug-likeness (QED) is 0.763. The van der Waals surface area contributed by atoms with Gasteiger partial charge in [-0.15, -0.1) is 0 Å². The minimum absolute atomic E-state index is 0.0172. The standard InChI is InChI=1S/C18H18O2.C7H9N/c19-18(20)16-12-11-15(13-7-3-1-4-8-13)17(16)14-9-5-2-6-10-14;8-6-7-4-2-1-3-5-7/h1-10,15-17H,11-12H2,(H,19,20);1-5H,6,8H2/t15-,16+,17+;/m0./s1. The Labute approximate surface area is 166 Å². The molecule has 0 unspecified atom stereocenters. The number of benzene rings is 3. The highest BCUT2D eigenvalue weighted by Crippen LogP contribution is 2.49. The van der Waals surface area contributed by atoms with Crippen LogP contribution in [0, 0.1) is 5.92 Å². The second-order valence-electron chi connectivity index (χ2n) is 7.19. The van der Waals surface area contributed by atoms with Gasteiger partial charge >= 0.3 is 0 Å². The summed E-state index contributed by atoms with van der Waals surface area (Å²) in [5, 5.41) is 11.5. The van der Waals surface area contributed by atoms with Gasteiger partial charge in [-0.25, -0.2) is 0 Å². The van der Waals surface area contributed by atoms with Gasteiger partial charge in [-0.05, 0) is 35.8 Å². The van der Waals surface area contributed by atoms with Crippen LogP contribution in [0.4, 0.5) is 0 Å². The molecule has 0 spiro atoms. The molecule has 0 aromatic heterocycles. The predicted molar refractivity (Wildman–Crippen MR) is 109 cm³/mol. The molecule has 3 atom stereocenters. The Morgan fingerprint density at radius 2 is 1.29 bits per heavy atom. The molecule has 3 heteroatoms. The third kappa shape index (κ3) is 4.87. The Morgan fingerprint density at radius 1 is 0.786 bits per heavy atom. The van der Waals surface area contributed by atoms with E-state index in [1.165, 1.54) is 11.1 Å². The van der Waals surface area contributed by atoms with Crippen LogP contribution in [0.15, 0.2) is 91.0 Å². The molecule has 3 nitrogen and oxygen atoms in total. The second kappa shape index (κ2) is 9.86. The molecule has 4 rings (SSSR count). The summed E-state index contributed by atoms with van der Waals surface area (Å²) in [7, 11) is 0. The fourth-order valence-electron chi connectivity index (χ4n) is 4.12. The zero-order valence-corrected chi connectivity index (χ0v) is 16.0. The zero-order valence-electron chi connectivity index (χ0n) is 16.0. The van der Waals surface area contributed by atoms with Crippen molar-refractivity contribution in [2.75, 3.05) is 0 Å². The molecule has 3 N–H and O–H groups in total. The van der Waals surface area contributed by atoms with Gasteiger partial charge in [-0.2, -0.15) is 0 Å². The van der Waals surface area contributed by atoms with Crippen molar-refractivity contribution in [2.45, 2.75) is 31.2 Å². The molecule has 1 fully saturated rings. The Morgan fingerprint density at radius 3 is 1.75 bits per heavy atom. The summed E-state index contributed by atoms with van der Waals surface area (Å²) in [6.07, 6.45) is 1.60. The highest BCUT2D eigenvalue weighted by atomic mass is 16.4. The first-order valence-corrected chi connectivity index (χ1v) is 9.84. The summed E-state index contributed by atoms with van der Waals surface area (Å²) in [5.74, 6) is -1.02. The van der Waals surface area contributed by atoms with Crippen molar-refractivity contribution in [1.82, 2.24) is 0 Å². The molecule has 3 aromatic rings. The van der Waals surface area contributed by atoms with E-state index in [4.69, 9.17) is 0 Å². The molecular weight excluding hydrogens is 346 g/mol. The van der Waals surface area contributed by atoms with Crippen molar-refractivity contribution < 1.29 is 15.6 Å². The van der Waals surface area contributed by atoms with E-state index >= 15 is 0 Å². The van der Waals surface area contributed by atoms with Crippen molar-refractivity contribution in [3.05, 3.63) is 108 Å². The van der Waals surface area contributed by atoms with Crippen molar-refractivity contribution >= 4 is 5.97 Å². The van der Waals surface area contributed by atoms with Gasteiger partial charge in [0, 0.05) is 17.5 Å². The minimum atomic E-state index is -0.919. The third-order valence-electron chi connectivity index (χ3n) is 5.50. The van der Waals surface area contributed by atoms with Gasteiger partial charge in [0.1, 0.15) is 0 Å². The molecular formula is C25H27NO2. The maximum absolute atomic E-state index is 11.5. The van der Waals surface area contributed by atoms with Crippen molar-refractivity contribution in [3.8, 4) is 0 Å². The van der Waals surface area contributed by atoms with E-state index in [2.05, 4.69) is 30.0 Å². The predicted octanol–water partition coefficient (Wildman–Crippen LogP) is 3.14. The SMILES string of the molecule is O=C([O-])[C@@H]1CC[C@@H](c2ccccc2)[C@H]1c1ccccc1.[NH3+]Cc1ccccc1. The highest BCUT2D eigenvalue weighted by Gasteiger charge is 2.38. The number of hydrogen-bond donors (Lipinski definition) is 1. The molecule has 0 bridgehead atoms. The van der Waals surface area contributed by atoms with Gasteiger partial charge in [0.15, 0.2) is 0 Å². The van der Waals surface area contributed by atoms with Crippen LogP contribution >= 0.6 is 0 Å². The van der Waals surface area contributed by atoms with E-state index < -0.39 is 5.97 Å². The fraction of sp³-hybridized carbons (Fsp3) is 0.240. The van der Waals surface area contributed by atoms with Crippen LogP contribution in [0.3, 0.4) is 0 Å². The van der Waals surface area contributed by atoms with Gasteiger partial charge in [0.25, 0.3) is 0 Å². The topological polar surface area (TPSA) is 67.8 Å². The third-order valence-corrected chi connectivity index (χ3v) is 5.50. The number of carboxylic acids is 1. The van der Waals surface area contributed by atoms with Gasteiger partial charge < -0.3 is 15.6 Å². The van der Waals surface area contributed by atoms with E-state index in [-0.39, 0.29) is 17.8 Å². The minimum Gasteiger partial charge on any atom is -0.550 e. The molecule has 0 radical (unpaired) electrons. The lowest BCUT2D eigenvalue weighted by atomic mass is 9.80. The van der Waals surface area contributed by atoms with E-state index in [0.29, 0.717) is 6.42 Å². The van der Waals surface area contributed by atoms with Crippen LogP contribution < -0.4 is 10.8 Å². The Balaban J connectivity index is 0.000000236. The number of carbonyl (C=O) groups excluding carboxylic acids is 1. The molecule has 0 saturated heterocycles. The second-order valence-corrected chi connectivity index (χ2v) is 7.19. The molecule has 0 heterocycles. The summed E-state index contributed by atoms with van der Waals surface area (Å²) in [4.78, 5) is 11.5. The number of carboxylic acid groups (broad SMARTS) is 1. The van der Waals surface area contributed by atoms with Crippen molar-refractivity contribution in [1.29, 1.82) is 0 Å². The number of aliphatic carboxylic acids is 1. The van der Waals surface area contributed by atoms with Crippen LogP contribution in [0.1, 0.15) is 41.4 Å². The Hall–Kier alpha value is -2.91. The summed E-state index contributed by atoms with van der Waals surface area (Å²) in [6.45, 7) is 0.890. The molecule has 28 heavy (non-hydrogen) atoms. The van der Waals surface area contributed by atoms with Crippen LogP contribution in [-0.4, -0.2) is 5.97 Å². The lowest BCUT2D eigenvalue weighted by molar-refractivity contribution is -0.386. The number of quaternary nitrogens is 1. The maximum atomic E-state index is 11.5. The Kier molecular flexibility index (Phi) is 6.99. The van der Waals surface area contributed by atoms with Gasteiger partial charge in [0.05, 0.1) is 6.54 Å². The Bertz CT molecular complexity index is 849. The first kappa shape index (κ1) is 19.8. The normalized spacial score (nSPS) is 20.8. The zero-order chi connectivity index (χ0) is 19.8. The lowest BCUT2D eigenvalue weighted by Crippen LogP contribution is -2.47. The molecule has 3 aromatic carbocycles.